The Morgan fingerprint density at radius 1 is 1.24 bits per heavy atom. The van der Waals surface area contributed by atoms with E-state index in [0.29, 0.717) is 34.8 Å². The van der Waals surface area contributed by atoms with E-state index in [1.165, 1.54) is 17.0 Å². The first-order valence-corrected chi connectivity index (χ1v) is 10.8. The molecule has 2 amide bonds. The number of carboxylic acids is 1. The Labute approximate surface area is 194 Å². The first kappa shape index (κ1) is 22.7. The van der Waals surface area contributed by atoms with Gasteiger partial charge in [0, 0.05) is 23.4 Å². The van der Waals surface area contributed by atoms with Crippen LogP contribution in [0.3, 0.4) is 0 Å². The molecule has 33 heavy (non-hydrogen) atoms. The summed E-state index contributed by atoms with van der Waals surface area (Å²) in [5.74, 6) is -2.30. The Bertz CT molecular complexity index is 1210. The third-order valence-electron chi connectivity index (χ3n) is 5.87. The fourth-order valence-electron chi connectivity index (χ4n) is 3.99. The smallest absolute Gasteiger partial charge is 0.335 e. The van der Waals surface area contributed by atoms with Crippen LogP contribution in [-0.2, 0) is 4.79 Å². The number of halogens is 2. The highest BCUT2D eigenvalue weighted by Crippen LogP contribution is 2.43. The summed E-state index contributed by atoms with van der Waals surface area (Å²) in [5.41, 5.74) is 1.42. The fraction of sp³-hybridized carbons (Fsp3) is 0.250. The van der Waals surface area contributed by atoms with Gasteiger partial charge in [0.25, 0.3) is 5.91 Å². The van der Waals surface area contributed by atoms with Gasteiger partial charge < -0.3 is 15.3 Å². The second kappa shape index (κ2) is 9.15. The number of hydrogen-bond donors (Lipinski definition) is 3. The van der Waals surface area contributed by atoms with Gasteiger partial charge in [-0.05, 0) is 55.0 Å². The van der Waals surface area contributed by atoms with Gasteiger partial charge in [-0.3, -0.25) is 15.0 Å². The average molecular weight is 470 g/mol. The lowest BCUT2D eigenvalue weighted by molar-refractivity contribution is -0.118. The number of carboxylic acid groups (broad SMARTS) is 1. The molecule has 0 unspecified atom stereocenters. The normalized spacial score (nSPS) is 15.9. The third kappa shape index (κ3) is 4.66. The van der Waals surface area contributed by atoms with Crippen molar-refractivity contribution in [1.29, 1.82) is 5.41 Å². The number of amides is 2. The molecule has 170 valence electrons. The van der Waals surface area contributed by atoms with Crippen molar-refractivity contribution in [3.05, 3.63) is 80.8 Å². The van der Waals surface area contributed by atoms with Crippen LogP contribution in [0, 0.1) is 11.2 Å². The number of rotatable bonds is 7. The first-order chi connectivity index (χ1) is 15.8. The van der Waals surface area contributed by atoms with E-state index < -0.39 is 17.7 Å². The minimum atomic E-state index is -1.27. The lowest BCUT2D eigenvalue weighted by Gasteiger charge is -2.29. The molecule has 0 bridgehead atoms. The molecule has 7 nitrogen and oxygen atoms in total. The summed E-state index contributed by atoms with van der Waals surface area (Å²) < 4.78 is 14.6. The van der Waals surface area contributed by atoms with E-state index in [2.05, 4.69) is 5.32 Å². The average Bonchev–Trinajstić information content (AvgIpc) is 3.63. The van der Waals surface area contributed by atoms with Gasteiger partial charge in [0.1, 0.15) is 5.82 Å². The molecule has 1 aliphatic carbocycles. The van der Waals surface area contributed by atoms with Crippen molar-refractivity contribution >= 4 is 35.6 Å². The van der Waals surface area contributed by atoms with Crippen LogP contribution in [-0.4, -0.2) is 47.1 Å². The third-order valence-corrected chi connectivity index (χ3v) is 6.18. The zero-order chi connectivity index (χ0) is 23.7. The fourth-order valence-corrected chi connectivity index (χ4v) is 4.26. The molecule has 0 atom stereocenters. The Morgan fingerprint density at radius 2 is 2.00 bits per heavy atom. The monoisotopic (exact) mass is 469 g/mol. The van der Waals surface area contributed by atoms with Crippen LogP contribution in [0.15, 0.2) is 47.7 Å². The van der Waals surface area contributed by atoms with Crippen molar-refractivity contribution in [3.63, 3.8) is 0 Å². The molecular formula is C24H21ClFN3O4. The molecule has 9 heteroatoms. The van der Waals surface area contributed by atoms with Crippen LogP contribution in [0.2, 0.25) is 5.02 Å². The second-order valence-corrected chi connectivity index (χ2v) is 8.50. The number of hydrogen-bond acceptors (Lipinski definition) is 4. The SMILES string of the molecule is N=C(C1=C(NC(=O)c2c(Cl)cccc2C2CC2)CN(C=O)CC1)c1ccc(C(=O)O)cc1F. The van der Waals surface area contributed by atoms with Gasteiger partial charge >= 0.3 is 5.97 Å². The van der Waals surface area contributed by atoms with Gasteiger partial charge in [-0.2, -0.15) is 0 Å². The Hall–Kier alpha value is -3.52. The summed E-state index contributed by atoms with van der Waals surface area (Å²) in [5, 5.41) is 20.8. The molecule has 2 aliphatic rings. The van der Waals surface area contributed by atoms with E-state index in [0.717, 1.165) is 24.5 Å². The largest absolute Gasteiger partial charge is 0.478 e. The maximum Gasteiger partial charge on any atom is 0.335 e. The molecule has 4 rings (SSSR count). The summed E-state index contributed by atoms with van der Waals surface area (Å²) in [7, 11) is 0. The lowest BCUT2D eigenvalue weighted by atomic mass is 9.94. The lowest BCUT2D eigenvalue weighted by Crippen LogP contribution is -2.39. The molecule has 0 saturated heterocycles. The zero-order valence-electron chi connectivity index (χ0n) is 17.5. The molecule has 1 fully saturated rings. The molecule has 1 saturated carbocycles. The highest BCUT2D eigenvalue weighted by molar-refractivity contribution is 6.34. The summed E-state index contributed by atoms with van der Waals surface area (Å²) in [6, 6.07) is 8.62. The summed E-state index contributed by atoms with van der Waals surface area (Å²) >= 11 is 6.34. The number of nitrogens with one attached hydrogen (secondary N) is 2. The van der Waals surface area contributed by atoms with Crippen molar-refractivity contribution in [2.24, 2.45) is 0 Å². The van der Waals surface area contributed by atoms with Gasteiger partial charge in [0.2, 0.25) is 6.41 Å². The molecule has 3 N–H and O–H groups in total. The topological polar surface area (TPSA) is 111 Å². The Balaban J connectivity index is 1.70. The molecule has 1 heterocycles. The van der Waals surface area contributed by atoms with E-state index in [9.17, 15) is 18.8 Å². The van der Waals surface area contributed by atoms with Crippen molar-refractivity contribution in [2.75, 3.05) is 13.1 Å². The highest BCUT2D eigenvalue weighted by Gasteiger charge is 2.31. The van der Waals surface area contributed by atoms with Crippen molar-refractivity contribution in [3.8, 4) is 0 Å². The van der Waals surface area contributed by atoms with E-state index in [-0.39, 0.29) is 35.7 Å². The van der Waals surface area contributed by atoms with Gasteiger partial charge in [-0.15, -0.1) is 0 Å². The number of carbonyl (C=O) groups is 3. The molecule has 0 spiro atoms. The summed E-state index contributed by atoms with van der Waals surface area (Å²) in [6.45, 7) is 0.347. The van der Waals surface area contributed by atoms with Gasteiger partial charge in [-0.25, -0.2) is 9.18 Å². The Kier molecular flexibility index (Phi) is 6.29. The number of aromatic carboxylic acids is 1. The van der Waals surface area contributed by atoms with Crippen LogP contribution in [0.4, 0.5) is 4.39 Å². The van der Waals surface area contributed by atoms with E-state index in [4.69, 9.17) is 22.1 Å². The number of nitrogens with zero attached hydrogens (tertiary/aromatic N) is 1. The van der Waals surface area contributed by atoms with Crippen LogP contribution >= 0.6 is 11.6 Å². The number of benzene rings is 2. The maximum atomic E-state index is 14.6. The van der Waals surface area contributed by atoms with Crippen molar-refractivity contribution < 1.29 is 23.9 Å². The van der Waals surface area contributed by atoms with Gasteiger partial charge in [0.05, 0.1) is 28.4 Å². The van der Waals surface area contributed by atoms with Gasteiger partial charge in [-0.1, -0.05) is 23.7 Å². The summed E-state index contributed by atoms with van der Waals surface area (Å²) in [6.07, 6.45) is 2.83. The van der Waals surface area contributed by atoms with Crippen LogP contribution in [0.25, 0.3) is 0 Å². The minimum absolute atomic E-state index is 0.0466. The van der Waals surface area contributed by atoms with E-state index in [1.807, 2.05) is 6.07 Å². The first-order valence-electron chi connectivity index (χ1n) is 10.4. The van der Waals surface area contributed by atoms with E-state index >= 15 is 0 Å². The molecule has 1 aliphatic heterocycles. The van der Waals surface area contributed by atoms with Crippen LogP contribution in [0.1, 0.15) is 57.0 Å². The quantitative estimate of drug-likeness (QED) is 0.421. The molecule has 0 radical (unpaired) electrons. The van der Waals surface area contributed by atoms with Crippen molar-refractivity contribution in [1.82, 2.24) is 10.2 Å². The minimum Gasteiger partial charge on any atom is -0.478 e. The van der Waals surface area contributed by atoms with Crippen LogP contribution < -0.4 is 5.32 Å². The number of carbonyl (C=O) groups excluding carboxylic acids is 2. The standard InChI is InChI=1S/C24H21ClFN3O4/c25-18-3-1-2-15(13-4-5-13)21(18)23(31)28-20-11-29(12-30)9-8-17(20)22(27)16-7-6-14(24(32)33)10-19(16)26/h1-3,6-7,10,12-13,27H,4-5,8-9,11H2,(H,28,31)(H,32,33). The second-order valence-electron chi connectivity index (χ2n) is 8.09. The van der Waals surface area contributed by atoms with Gasteiger partial charge in [0.15, 0.2) is 0 Å². The Morgan fingerprint density at radius 3 is 2.64 bits per heavy atom. The molecule has 2 aromatic rings. The van der Waals surface area contributed by atoms with Crippen molar-refractivity contribution in [2.45, 2.75) is 25.2 Å². The van der Waals surface area contributed by atoms with E-state index in [1.54, 1.807) is 12.1 Å². The highest BCUT2D eigenvalue weighted by atomic mass is 35.5. The maximum absolute atomic E-state index is 14.6. The predicted molar refractivity (Wildman–Crippen MR) is 120 cm³/mol. The molecule has 0 aromatic heterocycles. The van der Waals surface area contributed by atoms with Crippen LogP contribution in [0.5, 0.6) is 0 Å². The molecular weight excluding hydrogens is 449 g/mol. The zero-order valence-corrected chi connectivity index (χ0v) is 18.3. The predicted octanol–water partition coefficient (Wildman–Crippen LogP) is 3.97. The molecule has 2 aromatic carbocycles. The summed E-state index contributed by atoms with van der Waals surface area (Å²) in [4.78, 5) is 37.1.